The largest absolute Gasteiger partial charge is 0.346 e. The molecule has 0 bridgehead atoms. The SMILES string of the molecule is C=c1nc2[nH]c(=O)c(=Cc3cc(C)c(C4CCCCC4)s3)c-2c[nH]1. The number of fused-ring (bicyclic) bond motifs is 1. The Bertz CT molecular complexity index is 1000. The quantitative estimate of drug-likeness (QED) is 0.754. The molecular formula is C19H21N3OS. The highest BCUT2D eigenvalue weighted by molar-refractivity contribution is 7.13. The molecule has 0 atom stereocenters. The first-order valence-corrected chi connectivity index (χ1v) is 9.32. The van der Waals surface area contributed by atoms with Crippen molar-refractivity contribution in [3.8, 4) is 11.4 Å². The minimum atomic E-state index is -0.0956. The number of thiophene rings is 1. The molecule has 3 heterocycles. The zero-order valence-electron chi connectivity index (χ0n) is 13.8. The van der Waals surface area contributed by atoms with E-state index in [1.807, 2.05) is 17.4 Å². The summed E-state index contributed by atoms with van der Waals surface area (Å²) in [4.78, 5) is 25.0. The molecular weight excluding hydrogens is 318 g/mol. The van der Waals surface area contributed by atoms with Crippen LogP contribution in [0.15, 0.2) is 17.1 Å². The van der Waals surface area contributed by atoms with E-state index in [1.165, 1.54) is 42.5 Å². The average molecular weight is 339 g/mol. The summed E-state index contributed by atoms with van der Waals surface area (Å²) < 4.78 is 0. The molecule has 0 unspecified atom stereocenters. The highest BCUT2D eigenvalue weighted by atomic mass is 32.1. The van der Waals surface area contributed by atoms with Crippen molar-refractivity contribution in [2.75, 3.05) is 0 Å². The number of hydrogen-bond acceptors (Lipinski definition) is 3. The zero-order chi connectivity index (χ0) is 16.7. The number of aryl methyl sites for hydroxylation is 1. The lowest BCUT2D eigenvalue weighted by Gasteiger charge is -2.21. The second-order valence-electron chi connectivity index (χ2n) is 6.65. The van der Waals surface area contributed by atoms with Gasteiger partial charge in [0.15, 0.2) is 0 Å². The molecule has 3 aliphatic rings. The molecule has 1 aromatic rings. The molecule has 0 spiro atoms. The zero-order valence-corrected chi connectivity index (χ0v) is 14.6. The van der Waals surface area contributed by atoms with Gasteiger partial charge in [-0.2, -0.15) is 0 Å². The van der Waals surface area contributed by atoms with Crippen LogP contribution in [-0.4, -0.2) is 15.0 Å². The lowest BCUT2D eigenvalue weighted by Crippen LogP contribution is -2.21. The summed E-state index contributed by atoms with van der Waals surface area (Å²) >= 11 is 1.83. The maximum Gasteiger partial charge on any atom is 0.257 e. The molecule has 5 heteroatoms. The van der Waals surface area contributed by atoms with Gasteiger partial charge in [-0.3, -0.25) is 4.79 Å². The van der Waals surface area contributed by atoms with E-state index >= 15 is 0 Å². The molecule has 0 saturated heterocycles. The van der Waals surface area contributed by atoms with Gasteiger partial charge in [0.1, 0.15) is 11.3 Å². The Morgan fingerprint density at radius 2 is 2.12 bits per heavy atom. The Morgan fingerprint density at radius 1 is 1.33 bits per heavy atom. The van der Waals surface area contributed by atoms with Crippen molar-refractivity contribution < 1.29 is 0 Å². The van der Waals surface area contributed by atoms with Gasteiger partial charge in [0.05, 0.1) is 5.22 Å². The normalized spacial score (nSPS) is 17.0. The summed E-state index contributed by atoms with van der Waals surface area (Å²) in [7, 11) is 0. The molecule has 2 aliphatic heterocycles. The summed E-state index contributed by atoms with van der Waals surface area (Å²) in [5, 5.41) is 0.671. The lowest BCUT2D eigenvalue weighted by atomic mass is 9.87. The highest BCUT2D eigenvalue weighted by Crippen LogP contribution is 2.38. The van der Waals surface area contributed by atoms with E-state index in [1.54, 1.807) is 6.20 Å². The summed E-state index contributed by atoms with van der Waals surface area (Å²) in [5.74, 6) is 1.29. The van der Waals surface area contributed by atoms with E-state index in [-0.39, 0.29) is 5.56 Å². The molecule has 4 rings (SSSR count). The summed E-state index contributed by atoms with van der Waals surface area (Å²) in [5.41, 5.74) is 2.62. The summed E-state index contributed by atoms with van der Waals surface area (Å²) in [6, 6.07) is 2.21. The fourth-order valence-electron chi connectivity index (χ4n) is 3.70. The van der Waals surface area contributed by atoms with Crippen molar-refractivity contribution >= 4 is 24.0 Å². The first kappa shape index (κ1) is 15.4. The standard InChI is InChI=1S/C19H21N3OS/c1-11-8-14(24-17(11)13-6-4-3-5-7-13)9-15-16-10-20-12(2)21-18(16)22-19(15)23/h8-10,13,20H,2-7H2,1H3,(H,21,22,23). The Hall–Kier alpha value is -2.14. The maximum absolute atomic E-state index is 12.3. The van der Waals surface area contributed by atoms with Crippen LogP contribution in [0.4, 0.5) is 0 Å². The highest BCUT2D eigenvalue weighted by Gasteiger charge is 2.19. The van der Waals surface area contributed by atoms with Crippen LogP contribution in [0.5, 0.6) is 0 Å². The number of aromatic nitrogens is 3. The number of nitrogens with zero attached hydrogens (tertiary/aromatic N) is 1. The predicted molar refractivity (Wildman–Crippen MR) is 99.1 cm³/mol. The monoisotopic (exact) mass is 339 g/mol. The van der Waals surface area contributed by atoms with Gasteiger partial charge >= 0.3 is 0 Å². The van der Waals surface area contributed by atoms with E-state index in [2.05, 4.69) is 34.5 Å². The van der Waals surface area contributed by atoms with Gasteiger partial charge < -0.3 is 9.97 Å². The van der Waals surface area contributed by atoms with Crippen molar-refractivity contribution in [1.29, 1.82) is 0 Å². The molecule has 1 aromatic heterocycles. The first-order chi connectivity index (χ1) is 11.6. The number of H-pyrrole nitrogens is 2. The topological polar surface area (TPSA) is 61.5 Å². The minimum Gasteiger partial charge on any atom is -0.346 e. The van der Waals surface area contributed by atoms with Gasteiger partial charge in [-0.15, -0.1) is 11.3 Å². The van der Waals surface area contributed by atoms with Crippen LogP contribution in [0.2, 0.25) is 0 Å². The number of hydrogen-bond donors (Lipinski definition) is 2. The predicted octanol–water partition coefficient (Wildman–Crippen LogP) is 2.86. The van der Waals surface area contributed by atoms with Crippen molar-refractivity contribution in [1.82, 2.24) is 15.0 Å². The third-order valence-corrected chi connectivity index (χ3v) is 6.24. The van der Waals surface area contributed by atoms with E-state index < -0.39 is 0 Å². The van der Waals surface area contributed by atoms with Crippen molar-refractivity contribution in [3.63, 3.8) is 0 Å². The molecule has 4 nitrogen and oxygen atoms in total. The first-order valence-electron chi connectivity index (χ1n) is 8.50. The smallest absolute Gasteiger partial charge is 0.257 e. The molecule has 1 fully saturated rings. The minimum absolute atomic E-state index is 0.0956. The van der Waals surface area contributed by atoms with E-state index in [4.69, 9.17) is 0 Å². The lowest BCUT2D eigenvalue weighted by molar-refractivity contribution is 0.447. The maximum atomic E-state index is 12.3. The van der Waals surface area contributed by atoms with Crippen LogP contribution < -0.4 is 16.3 Å². The van der Waals surface area contributed by atoms with Gasteiger partial charge in [0.25, 0.3) is 5.56 Å². The molecule has 0 aromatic carbocycles. The molecule has 24 heavy (non-hydrogen) atoms. The number of aromatic amines is 2. The van der Waals surface area contributed by atoms with Gasteiger partial charge in [0.2, 0.25) is 0 Å². The van der Waals surface area contributed by atoms with Crippen LogP contribution >= 0.6 is 11.3 Å². The van der Waals surface area contributed by atoms with Crippen LogP contribution in [0.1, 0.15) is 53.3 Å². The second-order valence-corrected chi connectivity index (χ2v) is 7.77. The van der Waals surface area contributed by atoms with Crippen molar-refractivity contribution in [3.05, 3.63) is 48.6 Å². The van der Waals surface area contributed by atoms with Gasteiger partial charge in [-0.25, -0.2) is 4.98 Å². The van der Waals surface area contributed by atoms with E-state index in [0.29, 0.717) is 22.4 Å². The Morgan fingerprint density at radius 3 is 2.92 bits per heavy atom. The molecule has 2 N–H and O–H groups in total. The number of rotatable bonds is 2. The molecule has 1 saturated carbocycles. The molecule has 0 radical (unpaired) electrons. The van der Waals surface area contributed by atoms with E-state index in [0.717, 1.165) is 10.4 Å². The Labute approximate surface area is 144 Å². The average Bonchev–Trinajstić information content (AvgIpc) is 3.08. The molecule has 0 amide bonds. The molecule has 124 valence electrons. The third-order valence-electron chi connectivity index (χ3n) is 4.89. The Balaban J connectivity index is 1.78. The van der Waals surface area contributed by atoms with Crippen LogP contribution in [0.25, 0.3) is 24.0 Å². The van der Waals surface area contributed by atoms with Crippen molar-refractivity contribution in [2.24, 2.45) is 0 Å². The van der Waals surface area contributed by atoms with Gasteiger partial charge in [0, 0.05) is 21.5 Å². The Kier molecular flexibility index (Phi) is 3.88. The molecule has 1 aliphatic carbocycles. The van der Waals surface area contributed by atoms with Crippen molar-refractivity contribution in [2.45, 2.75) is 44.9 Å². The number of nitrogens with one attached hydrogen (secondary N) is 2. The fraction of sp³-hybridized carbons (Fsp3) is 0.368. The summed E-state index contributed by atoms with van der Waals surface area (Å²) in [6.45, 7) is 5.95. The fourth-order valence-corrected chi connectivity index (χ4v) is 4.99. The van der Waals surface area contributed by atoms with Crippen LogP contribution in [0.3, 0.4) is 0 Å². The summed E-state index contributed by atoms with van der Waals surface area (Å²) in [6.07, 6.45) is 10.4. The van der Waals surface area contributed by atoms with E-state index in [9.17, 15) is 4.79 Å². The third kappa shape index (κ3) is 2.73. The second kappa shape index (κ2) is 6.06. The van der Waals surface area contributed by atoms with Gasteiger partial charge in [-0.05, 0) is 43.4 Å². The van der Waals surface area contributed by atoms with Gasteiger partial charge in [-0.1, -0.05) is 25.8 Å². The van der Waals surface area contributed by atoms with Crippen LogP contribution in [-0.2, 0) is 0 Å². The van der Waals surface area contributed by atoms with Crippen LogP contribution in [0, 0.1) is 6.92 Å².